The largest absolute Gasteiger partial charge is 0.493 e. The molecule has 4 heteroatoms. The predicted molar refractivity (Wildman–Crippen MR) is 58.7 cm³/mol. The van der Waals surface area contributed by atoms with Crippen LogP contribution in [0.25, 0.3) is 6.08 Å². The van der Waals surface area contributed by atoms with E-state index < -0.39 is 5.82 Å². The number of ether oxygens (including phenoxy) is 1. The Morgan fingerprint density at radius 2 is 2.29 bits per heavy atom. The molecular formula is C10H11BrFNO. The lowest BCUT2D eigenvalue weighted by Crippen LogP contribution is -1.95. The smallest absolute Gasteiger partial charge is 0.179 e. The molecule has 2 N–H and O–H groups in total. The average Bonchev–Trinajstić information content (AvgIpc) is 2.20. The van der Waals surface area contributed by atoms with E-state index in [0.29, 0.717) is 16.6 Å². The summed E-state index contributed by atoms with van der Waals surface area (Å²) in [5.74, 6) is -0.171. The first-order chi connectivity index (χ1) is 6.70. The van der Waals surface area contributed by atoms with Gasteiger partial charge >= 0.3 is 0 Å². The second-order valence-electron chi connectivity index (χ2n) is 2.62. The quantitative estimate of drug-likeness (QED) is 0.906. The van der Waals surface area contributed by atoms with Crippen LogP contribution in [-0.2, 0) is 0 Å². The molecule has 0 bridgehead atoms. The van der Waals surface area contributed by atoms with Crippen LogP contribution in [0.3, 0.4) is 0 Å². The molecule has 0 unspecified atom stereocenters. The minimum atomic E-state index is -0.397. The van der Waals surface area contributed by atoms with Crippen molar-refractivity contribution in [3.63, 3.8) is 0 Å². The molecule has 0 saturated heterocycles. The maximum absolute atomic E-state index is 13.5. The first-order valence-electron chi connectivity index (χ1n) is 4.09. The van der Waals surface area contributed by atoms with E-state index in [1.807, 2.05) is 0 Å². The highest BCUT2D eigenvalue weighted by Crippen LogP contribution is 2.29. The van der Waals surface area contributed by atoms with Gasteiger partial charge in [0.15, 0.2) is 11.6 Å². The van der Waals surface area contributed by atoms with Crippen molar-refractivity contribution in [3.05, 3.63) is 34.1 Å². The van der Waals surface area contributed by atoms with Crippen molar-refractivity contribution in [2.24, 2.45) is 5.73 Å². The van der Waals surface area contributed by atoms with E-state index in [1.165, 1.54) is 7.11 Å². The van der Waals surface area contributed by atoms with Gasteiger partial charge in [-0.2, -0.15) is 0 Å². The highest BCUT2D eigenvalue weighted by Gasteiger charge is 2.10. The summed E-state index contributed by atoms with van der Waals surface area (Å²) < 4.78 is 18.8. The van der Waals surface area contributed by atoms with E-state index in [9.17, 15) is 4.39 Å². The van der Waals surface area contributed by atoms with Crippen molar-refractivity contribution in [3.8, 4) is 5.75 Å². The van der Waals surface area contributed by atoms with Crippen LogP contribution in [-0.4, -0.2) is 13.7 Å². The topological polar surface area (TPSA) is 35.2 Å². The van der Waals surface area contributed by atoms with E-state index in [2.05, 4.69) is 15.9 Å². The van der Waals surface area contributed by atoms with E-state index in [-0.39, 0.29) is 5.75 Å². The van der Waals surface area contributed by atoms with Crippen molar-refractivity contribution in [2.75, 3.05) is 13.7 Å². The molecule has 0 fully saturated rings. The molecule has 0 aliphatic rings. The molecule has 0 radical (unpaired) electrons. The van der Waals surface area contributed by atoms with E-state index in [4.69, 9.17) is 10.5 Å². The third-order valence-corrected chi connectivity index (χ3v) is 2.33. The Balaban J connectivity index is 3.17. The summed E-state index contributed by atoms with van der Waals surface area (Å²) in [6, 6.07) is 3.40. The van der Waals surface area contributed by atoms with Crippen LogP contribution in [0.15, 0.2) is 22.7 Å². The fourth-order valence-electron chi connectivity index (χ4n) is 1.08. The Labute approximate surface area is 90.7 Å². The van der Waals surface area contributed by atoms with E-state index in [0.717, 1.165) is 0 Å². The Bertz CT molecular complexity index is 352. The second-order valence-corrected chi connectivity index (χ2v) is 3.48. The third kappa shape index (κ3) is 2.33. The first kappa shape index (κ1) is 11.2. The number of hydrogen-bond acceptors (Lipinski definition) is 2. The molecule has 1 rings (SSSR count). The highest BCUT2D eigenvalue weighted by atomic mass is 79.9. The molecule has 0 heterocycles. The van der Waals surface area contributed by atoms with Gasteiger partial charge in [-0.15, -0.1) is 0 Å². The molecule has 76 valence electrons. The first-order valence-corrected chi connectivity index (χ1v) is 4.88. The maximum Gasteiger partial charge on any atom is 0.179 e. The van der Waals surface area contributed by atoms with Crippen molar-refractivity contribution in [1.82, 2.24) is 0 Å². The summed E-state index contributed by atoms with van der Waals surface area (Å²) >= 11 is 3.09. The molecule has 0 amide bonds. The van der Waals surface area contributed by atoms with Crippen LogP contribution in [0.4, 0.5) is 4.39 Å². The van der Waals surface area contributed by atoms with Crippen molar-refractivity contribution in [2.45, 2.75) is 0 Å². The van der Waals surface area contributed by atoms with Gasteiger partial charge in [0.25, 0.3) is 0 Å². The molecule has 0 saturated carbocycles. The van der Waals surface area contributed by atoms with Crippen molar-refractivity contribution >= 4 is 22.0 Å². The molecule has 0 atom stereocenters. The van der Waals surface area contributed by atoms with Crippen LogP contribution in [0.1, 0.15) is 5.56 Å². The molecule has 1 aromatic rings. The number of hydrogen-bond donors (Lipinski definition) is 1. The molecule has 0 spiro atoms. The van der Waals surface area contributed by atoms with Gasteiger partial charge in [0, 0.05) is 12.1 Å². The number of nitrogens with two attached hydrogens (primary N) is 1. The standard InChI is InChI=1S/C10H11BrFNO/c1-14-10-7(3-2-6-13)4-5-8(11)9(10)12/h2-5H,6,13H2,1H3/b3-2+. The number of halogens is 2. The summed E-state index contributed by atoms with van der Waals surface area (Å²) in [4.78, 5) is 0. The molecule has 1 aromatic carbocycles. The number of rotatable bonds is 3. The normalized spacial score (nSPS) is 10.9. The average molecular weight is 260 g/mol. The van der Waals surface area contributed by atoms with Crippen molar-refractivity contribution in [1.29, 1.82) is 0 Å². The van der Waals surface area contributed by atoms with Gasteiger partial charge in [0.1, 0.15) is 0 Å². The molecule has 0 aliphatic heterocycles. The molecule has 2 nitrogen and oxygen atoms in total. The Kier molecular flexibility index (Phi) is 4.10. The van der Waals surface area contributed by atoms with Crippen LogP contribution in [0, 0.1) is 5.82 Å². The maximum atomic E-state index is 13.5. The van der Waals surface area contributed by atoms with Gasteiger partial charge in [-0.3, -0.25) is 0 Å². The molecule has 0 aliphatic carbocycles. The fraction of sp³-hybridized carbons (Fsp3) is 0.200. The lowest BCUT2D eigenvalue weighted by atomic mass is 10.2. The van der Waals surface area contributed by atoms with Gasteiger partial charge in [-0.1, -0.05) is 12.2 Å². The highest BCUT2D eigenvalue weighted by molar-refractivity contribution is 9.10. The summed E-state index contributed by atoms with van der Waals surface area (Å²) in [6.07, 6.45) is 3.47. The monoisotopic (exact) mass is 259 g/mol. The number of methoxy groups -OCH3 is 1. The molecule has 14 heavy (non-hydrogen) atoms. The zero-order valence-electron chi connectivity index (χ0n) is 7.76. The third-order valence-electron chi connectivity index (χ3n) is 1.72. The van der Waals surface area contributed by atoms with Gasteiger partial charge in [0.05, 0.1) is 11.6 Å². The Hall–Kier alpha value is -0.870. The molecular weight excluding hydrogens is 249 g/mol. The summed E-state index contributed by atoms with van der Waals surface area (Å²) in [6.45, 7) is 0.417. The van der Waals surface area contributed by atoms with Gasteiger partial charge in [-0.25, -0.2) is 4.39 Å². The van der Waals surface area contributed by atoms with E-state index in [1.54, 1.807) is 24.3 Å². The Morgan fingerprint density at radius 1 is 1.57 bits per heavy atom. The van der Waals surface area contributed by atoms with Gasteiger partial charge < -0.3 is 10.5 Å². The zero-order chi connectivity index (χ0) is 10.6. The van der Waals surface area contributed by atoms with Crippen LogP contribution in [0.2, 0.25) is 0 Å². The van der Waals surface area contributed by atoms with Gasteiger partial charge in [-0.05, 0) is 28.1 Å². The lowest BCUT2D eigenvalue weighted by molar-refractivity contribution is 0.384. The minimum absolute atomic E-state index is 0.226. The number of benzene rings is 1. The second kappa shape index (κ2) is 5.12. The SMILES string of the molecule is COc1c(/C=C/CN)ccc(Br)c1F. The summed E-state index contributed by atoms with van der Waals surface area (Å²) in [7, 11) is 1.44. The van der Waals surface area contributed by atoms with Crippen LogP contribution >= 0.6 is 15.9 Å². The predicted octanol–water partition coefficient (Wildman–Crippen LogP) is 2.57. The van der Waals surface area contributed by atoms with Crippen LogP contribution in [0.5, 0.6) is 5.75 Å². The Morgan fingerprint density at radius 3 is 2.86 bits per heavy atom. The molecule has 0 aromatic heterocycles. The van der Waals surface area contributed by atoms with E-state index >= 15 is 0 Å². The van der Waals surface area contributed by atoms with Crippen LogP contribution < -0.4 is 10.5 Å². The van der Waals surface area contributed by atoms with Crippen molar-refractivity contribution < 1.29 is 9.13 Å². The fourth-order valence-corrected chi connectivity index (χ4v) is 1.39. The van der Waals surface area contributed by atoms with Gasteiger partial charge in [0.2, 0.25) is 0 Å². The summed E-state index contributed by atoms with van der Waals surface area (Å²) in [5.41, 5.74) is 5.98. The zero-order valence-corrected chi connectivity index (χ0v) is 9.34. The summed E-state index contributed by atoms with van der Waals surface area (Å²) in [5, 5.41) is 0. The lowest BCUT2D eigenvalue weighted by Gasteiger charge is -2.07. The minimum Gasteiger partial charge on any atom is -0.493 e.